The second kappa shape index (κ2) is 7.48. The fourth-order valence-corrected chi connectivity index (χ4v) is 5.10. The van der Waals surface area contributed by atoms with Crippen molar-refractivity contribution < 1.29 is 19.1 Å². The van der Waals surface area contributed by atoms with Crippen LogP contribution >= 0.6 is 0 Å². The maximum absolute atomic E-state index is 13.5. The predicted molar refractivity (Wildman–Crippen MR) is 116 cm³/mol. The van der Waals surface area contributed by atoms with Crippen LogP contribution in [0.15, 0.2) is 42.5 Å². The zero-order valence-corrected chi connectivity index (χ0v) is 18.7. The molecule has 0 unspecified atom stereocenters. The van der Waals surface area contributed by atoms with E-state index in [9.17, 15) is 14.4 Å². The Hall–Kier alpha value is -2.67. The van der Waals surface area contributed by atoms with Gasteiger partial charge in [-0.2, -0.15) is 0 Å². The molecule has 0 aliphatic carbocycles. The van der Waals surface area contributed by atoms with E-state index in [-0.39, 0.29) is 23.8 Å². The van der Waals surface area contributed by atoms with Crippen LogP contribution in [-0.2, 0) is 25.7 Å². The van der Waals surface area contributed by atoms with Gasteiger partial charge in [-0.1, -0.05) is 42.5 Å². The van der Waals surface area contributed by atoms with Gasteiger partial charge in [-0.3, -0.25) is 14.4 Å². The minimum atomic E-state index is -1.11. The van der Waals surface area contributed by atoms with Gasteiger partial charge in [0.1, 0.15) is 11.6 Å². The Morgan fingerprint density at radius 1 is 1.16 bits per heavy atom. The summed E-state index contributed by atoms with van der Waals surface area (Å²) in [6.07, 6.45) is 3.15. The number of rotatable bonds is 5. The molecule has 31 heavy (non-hydrogen) atoms. The zero-order valence-electron chi connectivity index (χ0n) is 18.7. The van der Waals surface area contributed by atoms with Crippen LogP contribution in [0.3, 0.4) is 0 Å². The highest BCUT2D eigenvalue weighted by Gasteiger charge is 2.73. The lowest BCUT2D eigenvalue weighted by molar-refractivity contribution is -0.144. The van der Waals surface area contributed by atoms with Gasteiger partial charge in [-0.25, -0.2) is 0 Å². The van der Waals surface area contributed by atoms with Crippen molar-refractivity contribution in [2.24, 2.45) is 11.8 Å². The van der Waals surface area contributed by atoms with Crippen LogP contribution in [0.1, 0.15) is 40.2 Å². The van der Waals surface area contributed by atoms with Crippen molar-refractivity contribution in [3.05, 3.63) is 48.0 Å². The maximum Gasteiger partial charge on any atom is 0.246 e. The van der Waals surface area contributed by atoms with Crippen molar-refractivity contribution in [1.82, 2.24) is 15.5 Å². The molecule has 2 saturated heterocycles. The number of benzene rings is 1. The highest BCUT2D eigenvalue weighted by atomic mass is 16.5. The molecule has 0 saturated carbocycles. The SMILES string of the molecule is CC(C)N1C(=O)[C@H]2[C@@H](C(=O)NCc3ccccc3)[C@@H]3C=C[C@@]2(O3)[C@H]1C(=O)NC(C)(C)C. The van der Waals surface area contributed by atoms with E-state index in [2.05, 4.69) is 10.6 Å². The molecule has 0 aromatic heterocycles. The molecule has 0 radical (unpaired) electrons. The van der Waals surface area contributed by atoms with Crippen LogP contribution in [0.2, 0.25) is 0 Å². The predicted octanol–water partition coefficient (Wildman–Crippen LogP) is 1.78. The van der Waals surface area contributed by atoms with E-state index in [4.69, 9.17) is 4.74 Å². The Labute approximate surface area is 183 Å². The van der Waals surface area contributed by atoms with Gasteiger partial charge in [0.2, 0.25) is 17.7 Å². The summed E-state index contributed by atoms with van der Waals surface area (Å²) in [5, 5.41) is 5.96. The standard InChI is InChI=1S/C24H31N3O4/c1-14(2)27-19(21(29)26-23(3,4)5)24-12-11-16(31-24)17(18(24)22(27)30)20(28)25-13-15-9-7-6-8-10-15/h6-12,14,16-19H,13H2,1-5H3,(H,25,28)(H,26,29)/t16-,17-,18+,19+,24-/m0/s1. The number of likely N-dealkylation sites (tertiary alicyclic amines) is 1. The van der Waals surface area contributed by atoms with Crippen molar-refractivity contribution in [2.45, 2.75) is 70.5 Å². The molecule has 4 rings (SSSR count). The van der Waals surface area contributed by atoms with Gasteiger partial charge in [-0.05, 0) is 40.2 Å². The number of amides is 3. The van der Waals surface area contributed by atoms with Gasteiger partial charge in [-0.15, -0.1) is 0 Å². The smallest absolute Gasteiger partial charge is 0.246 e. The number of hydrogen-bond donors (Lipinski definition) is 2. The minimum Gasteiger partial charge on any atom is -0.359 e. The number of nitrogens with one attached hydrogen (secondary N) is 2. The normalized spacial score (nSPS) is 31.3. The summed E-state index contributed by atoms with van der Waals surface area (Å²) < 4.78 is 6.27. The van der Waals surface area contributed by atoms with Gasteiger partial charge >= 0.3 is 0 Å². The van der Waals surface area contributed by atoms with Gasteiger partial charge in [0, 0.05) is 18.1 Å². The molecule has 2 fully saturated rings. The lowest BCUT2D eigenvalue weighted by atomic mass is 9.74. The number of ether oxygens (including phenoxy) is 1. The molecule has 1 aromatic carbocycles. The molecule has 3 aliphatic rings. The monoisotopic (exact) mass is 425 g/mol. The second-order valence-corrected chi connectivity index (χ2v) is 9.98. The number of fused-ring (bicyclic) bond motifs is 1. The van der Waals surface area contributed by atoms with Crippen LogP contribution in [0.25, 0.3) is 0 Å². The largest absolute Gasteiger partial charge is 0.359 e. The Morgan fingerprint density at radius 3 is 2.45 bits per heavy atom. The zero-order chi connectivity index (χ0) is 22.6. The molecule has 7 nitrogen and oxygen atoms in total. The van der Waals surface area contributed by atoms with Crippen LogP contribution < -0.4 is 10.6 Å². The Kier molecular flexibility index (Phi) is 5.20. The summed E-state index contributed by atoms with van der Waals surface area (Å²) in [5.41, 5.74) is -0.588. The third-order valence-electron chi connectivity index (χ3n) is 6.23. The molecule has 3 heterocycles. The van der Waals surface area contributed by atoms with E-state index in [1.165, 1.54) is 0 Å². The molecular formula is C24H31N3O4. The molecule has 5 atom stereocenters. The summed E-state index contributed by atoms with van der Waals surface area (Å²) >= 11 is 0. The highest BCUT2D eigenvalue weighted by molar-refractivity contribution is 6.00. The number of carbonyl (C=O) groups is 3. The summed E-state index contributed by atoms with van der Waals surface area (Å²) in [6.45, 7) is 9.85. The summed E-state index contributed by atoms with van der Waals surface area (Å²) in [5.74, 6) is -2.05. The van der Waals surface area contributed by atoms with Crippen LogP contribution in [0.5, 0.6) is 0 Å². The van der Waals surface area contributed by atoms with E-state index in [1.54, 1.807) is 4.90 Å². The molecule has 2 bridgehead atoms. The van der Waals surface area contributed by atoms with Crippen molar-refractivity contribution in [2.75, 3.05) is 0 Å². The fraction of sp³-hybridized carbons (Fsp3) is 0.542. The first kappa shape index (κ1) is 21.6. The van der Waals surface area contributed by atoms with E-state index in [0.717, 1.165) is 5.56 Å². The third kappa shape index (κ3) is 3.55. The average Bonchev–Trinajstić information content (AvgIpc) is 3.32. The first-order chi connectivity index (χ1) is 14.5. The van der Waals surface area contributed by atoms with Crippen molar-refractivity contribution in [1.29, 1.82) is 0 Å². The molecule has 166 valence electrons. The molecule has 1 spiro atoms. The molecule has 3 aliphatic heterocycles. The van der Waals surface area contributed by atoms with E-state index >= 15 is 0 Å². The molecule has 2 N–H and O–H groups in total. The third-order valence-corrected chi connectivity index (χ3v) is 6.23. The number of nitrogens with zero attached hydrogens (tertiary/aromatic N) is 1. The maximum atomic E-state index is 13.5. The first-order valence-electron chi connectivity index (χ1n) is 10.9. The van der Waals surface area contributed by atoms with Crippen molar-refractivity contribution >= 4 is 17.7 Å². The second-order valence-electron chi connectivity index (χ2n) is 9.98. The summed E-state index contributed by atoms with van der Waals surface area (Å²) in [6, 6.07) is 8.62. The topological polar surface area (TPSA) is 87.7 Å². The molecule has 3 amide bonds. The number of carbonyl (C=O) groups excluding carboxylic acids is 3. The van der Waals surface area contributed by atoms with E-state index < -0.39 is 35.1 Å². The Balaban J connectivity index is 1.62. The minimum absolute atomic E-state index is 0.198. The Morgan fingerprint density at radius 2 is 1.84 bits per heavy atom. The van der Waals surface area contributed by atoms with Crippen LogP contribution in [-0.4, -0.2) is 51.9 Å². The lowest BCUT2D eigenvalue weighted by Gasteiger charge is -2.36. The molecule has 7 heteroatoms. The molecule has 1 aromatic rings. The summed E-state index contributed by atoms with van der Waals surface area (Å²) in [7, 11) is 0. The Bertz CT molecular complexity index is 921. The van der Waals surface area contributed by atoms with Crippen LogP contribution in [0, 0.1) is 11.8 Å². The fourth-order valence-electron chi connectivity index (χ4n) is 5.10. The van der Waals surface area contributed by atoms with Gasteiger partial charge < -0.3 is 20.3 Å². The van der Waals surface area contributed by atoms with E-state index in [0.29, 0.717) is 6.54 Å². The van der Waals surface area contributed by atoms with Gasteiger partial charge in [0.05, 0.1) is 17.9 Å². The molecular weight excluding hydrogens is 394 g/mol. The highest BCUT2D eigenvalue weighted by Crippen LogP contribution is 2.55. The van der Waals surface area contributed by atoms with Gasteiger partial charge in [0.15, 0.2) is 0 Å². The first-order valence-corrected chi connectivity index (χ1v) is 10.9. The number of hydrogen-bond acceptors (Lipinski definition) is 4. The van der Waals surface area contributed by atoms with Crippen LogP contribution in [0.4, 0.5) is 0 Å². The van der Waals surface area contributed by atoms with E-state index in [1.807, 2.05) is 77.1 Å². The quantitative estimate of drug-likeness (QED) is 0.704. The van der Waals surface area contributed by atoms with Gasteiger partial charge in [0.25, 0.3) is 0 Å². The average molecular weight is 426 g/mol. The summed E-state index contributed by atoms with van der Waals surface area (Å²) in [4.78, 5) is 41.6. The van der Waals surface area contributed by atoms with Crippen molar-refractivity contribution in [3.63, 3.8) is 0 Å². The lowest BCUT2D eigenvalue weighted by Crippen LogP contribution is -2.59. The van der Waals surface area contributed by atoms with Crippen molar-refractivity contribution in [3.8, 4) is 0 Å².